The molecule has 1 aliphatic heterocycles. The van der Waals surface area contributed by atoms with E-state index in [0.717, 1.165) is 5.56 Å². The molecule has 0 atom stereocenters. The average Bonchev–Trinajstić information content (AvgIpc) is 2.63. The summed E-state index contributed by atoms with van der Waals surface area (Å²) in [4.78, 5) is 28.8. The molecular weight excluding hydrogens is 336 g/mol. The molecule has 4 nitrogen and oxygen atoms in total. The first-order valence-electron chi connectivity index (χ1n) is 8.37. The molecule has 2 amide bonds. The minimum Gasteiger partial charge on any atom is -0.335 e. The van der Waals surface area contributed by atoms with Crippen LogP contribution in [0.3, 0.4) is 0 Å². The second-order valence-corrected chi connectivity index (χ2v) is 6.83. The van der Waals surface area contributed by atoms with Crippen LogP contribution in [-0.2, 0) is 0 Å². The Balaban J connectivity index is 1.63. The summed E-state index contributed by atoms with van der Waals surface area (Å²) in [6.07, 6.45) is 0. The van der Waals surface area contributed by atoms with Crippen molar-refractivity contribution in [2.24, 2.45) is 0 Å². The Hall–Kier alpha value is -2.33. The van der Waals surface area contributed by atoms with E-state index in [4.69, 9.17) is 11.6 Å². The Morgan fingerprint density at radius 3 is 1.76 bits per heavy atom. The summed E-state index contributed by atoms with van der Waals surface area (Å²) in [5.74, 6) is 0.0108. The van der Waals surface area contributed by atoms with Gasteiger partial charge >= 0.3 is 0 Å². The van der Waals surface area contributed by atoms with Crippen LogP contribution in [0.15, 0.2) is 42.5 Å². The number of piperazine rings is 1. The Morgan fingerprint density at radius 1 is 0.760 bits per heavy atom. The Kier molecular flexibility index (Phi) is 5.09. The molecule has 0 unspecified atom stereocenters. The molecule has 5 heteroatoms. The van der Waals surface area contributed by atoms with Crippen molar-refractivity contribution in [2.45, 2.75) is 13.8 Å². The summed E-state index contributed by atoms with van der Waals surface area (Å²) in [5.41, 5.74) is 3.62. The van der Waals surface area contributed by atoms with Crippen LogP contribution in [-0.4, -0.2) is 47.8 Å². The van der Waals surface area contributed by atoms with Crippen LogP contribution in [0, 0.1) is 13.8 Å². The van der Waals surface area contributed by atoms with E-state index in [1.807, 2.05) is 36.9 Å². The molecule has 1 heterocycles. The van der Waals surface area contributed by atoms with E-state index in [1.165, 1.54) is 5.56 Å². The third kappa shape index (κ3) is 3.85. The number of amides is 2. The molecule has 3 rings (SSSR count). The third-order valence-electron chi connectivity index (χ3n) is 4.70. The zero-order chi connectivity index (χ0) is 18.0. The zero-order valence-electron chi connectivity index (χ0n) is 14.5. The summed E-state index contributed by atoms with van der Waals surface area (Å²) in [7, 11) is 0. The van der Waals surface area contributed by atoms with Crippen LogP contribution in [0.1, 0.15) is 31.8 Å². The number of carbonyl (C=O) groups is 2. The quantitative estimate of drug-likeness (QED) is 0.825. The summed E-state index contributed by atoms with van der Waals surface area (Å²) >= 11 is 5.87. The predicted octanol–water partition coefficient (Wildman–Crippen LogP) is 3.56. The van der Waals surface area contributed by atoms with Crippen LogP contribution < -0.4 is 0 Å². The molecule has 1 aliphatic rings. The number of hydrogen-bond donors (Lipinski definition) is 0. The van der Waals surface area contributed by atoms with Crippen molar-refractivity contribution in [2.75, 3.05) is 26.2 Å². The van der Waals surface area contributed by atoms with Gasteiger partial charge in [-0.1, -0.05) is 17.7 Å². The summed E-state index contributed by atoms with van der Waals surface area (Å²) in [5, 5.41) is 0.611. The normalized spacial score (nSPS) is 14.5. The minimum atomic E-state index is -0.0186. The smallest absolute Gasteiger partial charge is 0.253 e. The second-order valence-electron chi connectivity index (χ2n) is 6.39. The average molecular weight is 357 g/mol. The molecule has 25 heavy (non-hydrogen) atoms. The van der Waals surface area contributed by atoms with Gasteiger partial charge in [0.05, 0.1) is 0 Å². The van der Waals surface area contributed by atoms with E-state index in [0.29, 0.717) is 42.3 Å². The number of aryl methyl sites for hydroxylation is 2. The van der Waals surface area contributed by atoms with Crippen molar-refractivity contribution in [3.63, 3.8) is 0 Å². The van der Waals surface area contributed by atoms with Gasteiger partial charge in [-0.2, -0.15) is 0 Å². The number of hydrogen-bond acceptors (Lipinski definition) is 2. The van der Waals surface area contributed by atoms with Crippen LogP contribution >= 0.6 is 11.6 Å². The van der Waals surface area contributed by atoms with E-state index in [2.05, 4.69) is 0 Å². The first-order chi connectivity index (χ1) is 12.0. The van der Waals surface area contributed by atoms with Crippen LogP contribution in [0.4, 0.5) is 0 Å². The summed E-state index contributed by atoms with van der Waals surface area (Å²) in [6.45, 7) is 6.21. The van der Waals surface area contributed by atoms with Crippen LogP contribution in [0.25, 0.3) is 0 Å². The van der Waals surface area contributed by atoms with Gasteiger partial charge in [0.2, 0.25) is 0 Å². The molecule has 0 aliphatic carbocycles. The lowest BCUT2D eigenvalue weighted by Crippen LogP contribution is -2.50. The van der Waals surface area contributed by atoms with Crippen molar-refractivity contribution in [3.05, 3.63) is 69.7 Å². The van der Waals surface area contributed by atoms with E-state index >= 15 is 0 Å². The van der Waals surface area contributed by atoms with Gasteiger partial charge in [0, 0.05) is 42.3 Å². The lowest BCUT2D eigenvalue weighted by atomic mass is 10.1. The molecule has 0 bridgehead atoms. The number of benzene rings is 2. The fourth-order valence-corrected chi connectivity index (χ4v) is 3.07. The van der Waals surface area contributed by atoms with Crippen LogP contribution in [0.2, 0.25) is 5.02 Å². The van der Waals surface area contributed by atoms with Gasteiger partial charge < -0.3 is 9.80 Å². The van der Waals surface area contributed by atoms with Gasteiger partial charge in [0.25, 0.3) is 11.8 Å². The lowest BCUT2D eigenvalue weighted by Gasteiger charge is -2.35. The number of carbonyl (C=O) groups excluding carboxylic acids is 2. The van der Waals surface area contributed by atoms with Gasteiger partial charge in [-0.3, -0.25) is 9.59 Å². The lowest BCUT2D eigenvalue weighted by molar-refractivity contribution is 0.0535. The first-order valence-corrected chi connectivity index (χ1v) is 8.75. The first kappa shape index (κ1) is 17.5. The molecule has 2 aromatic rings. The summed E-state index contributed by atoms with van der Waals surface area (Å²) < 4.78 is 0. The molecular formula is C20H21ClN2O2. The fraction of sp³-hybridized carbons (Fsp3) is 0.300. The van der Waals surface area contributed by atoms with Crippen molar-refractivity contribution in [1.82, 2.24) is 9.80 Å². The Labute approximate surface area is 153 Å². The number of halogens is 1. The molecule has 1 fully saturated rings. The molecule has 0 saturated carbocycles. The molecule has 0 N–H and O–H groups in total. The highest BCUT2D eigenvalue weighted by Gasteiger charge is 2.25. The van der Waals surface area contributed by atoms with Gasteiger partial charge in [0.15, 0.2) is 0 Å². The molecule has 2 aromatic carbocycles. The van der Waals surface area contributed by atoms with E-state index in [9.17, 15) is 9.59 Å². The van der Waals surface area contributed by atoms with Crippen molar-refractivity contribution < 1.29 is 9.59 Å². The van der Waals surface area contributed by atoms with Gasteiger partial charge in [-0.05, 0) is 61.4 Å². The monoisotopic (exact) mass is 356 g/mol. The molecule has 130 valence electrons. The van der Waals surface area contributed by atoms with Crippen LogP contribution in [0.5, 0.6) is 0 Å². The molecule has 0 aromatic heterocycles. The SMILES string of the molecule is Cc1ccc(C(=O)N2CCN(C(=O)c3ccc(Cl)cc3)CC2)cc1C. The van der Waals surface area contributed by atoms with E-state index in [-0.39, 0.29) is 11.8 Å². The summed E-state index contributed by atoms with van der Waals surface area (Å²) in [6, 6.07) is 12.7. The highest BCUT2D eigenvalue weighted by Crippen LogP contribution is 2.16. The van der Waals surface area contributed by atoms with Crippen molar-refractivity contribution in [1.29, 1.82) is 0 Å². The second kappa shape index (κ2) is 7.28. The van der Waals surface area contributed by atoms with Gasteiger partial charge in [-0.25, -0.2) is 0 Å². The highest BCUT2D eigenvalue weighted by atomic mass is 35.5. The number of nitrogens with zero attached hydrogens (tertiary/aromatic N) is 2. The topological polar surface area (TPSA) is 40.6 Å². The maximum atomic E-state index is 12.7. The Morgan fingerprint density at radius 2 is 1.24 bits per heavy atom. The van der Waals surface area contributed by atoms with Gasteiger partial charge in [0.1, 0.15) is 0 Å². The fourth-order valence-electron chi connectivity index (χ4n) is 2.94. The zero-order valence-corrected chi connectivity index (χ0v) is 15.2. The number of rotatable bonds is 2. The van der Waals surface area contributed by atoms with Gasteiger partial charge in [-0.15, -0.1) is 0 Å². The third-order valence-corrected chi connectivity index (χ3v) is 4.95. The molecule has 0 spiro atoms. The molecule has 0 radical (unpaired) electrons. The van der Waals surface area contributed by atoms with Crippen molar-refractivity contribution >= 4 is 23.4 Å². The standard InChI is InChI=1S/C20H21ClN2O2/c1-14-3-4-17(13-15(14)2)20(25)23-11-9-22(10-12-23)19(24)16-5-7-18(21)8-6-16/h3-8,13H,9-12H2,1-2H3. The largest absolute Gasteiger partial charge is 0.335 e. The van der Waals surface area contributed by atoms with E-state index in [1.54, 1.807) is 29.2 Å². The highest BCUT2D eigenvalue weighted by molar-refractivity contribution is 6.30. The van der Waals surface area contributed by atoms with E-state index < -0.39 is 0 Å². The maximum absolute atomic E-state index is 12.7. The predicted molar refractivity (Wildman–Crippen MR) is 99.2 cm³/mol. The molecule has 1 saturated heterocycles. The minimum absolute atomic E-state index is 0.0186. The maximum Gasteiger partial charge on any atom is 0.253 e. The van der Waals surface area contributed by atoms with Crippen molar-refractivity contribution in [3.8, 4) is 0 Å². The Bertz CT molecular complexity index is 794.